The molecule has 1 aromatic heterocycles. The highest BCUT2D eigenvalue weighted by molar-refractivity contribution is 6.30. The third kappa shape index (κ3) is 8.26. The molecule has 2 aromatic rings. The Morgan fingerprint density at radius 1 is 1.21 bits per heavy atom. The molecular formula is C29H40ClN2O2+. The monoisotopic (exact) mass is 483 g/mol. The molecule has 4 nitrogen and oxygen atoms in total. The van der Waals surface area contributed by atoms with Crippen molar-refractivity contribution in [3.63, 3.8) is 0 Å². The van der Waals surface area contributed by atoms with Crippen molar-refractivity contribution in [1.82, 2.24) is 4.98 Å². The Morgan fingerprint density at radius 3 is 2.62 bits per heavy atom. The maximum atomic E-state index is 6.40. The summed E-state index contributed by atoms with van der Waals surface area (Å²) in [5.41, 5.74) is 2.40. The van der Waals surface area contributed by atoms with E-state index in [4.69, 9.17) is 25.7 Å². The van der Waals surface area contributed by atoms with Gasteiger partial charge < -0.3 is 13.6 Å². The molecule has 1 aliphatic carbocycles. The Kier molecular flexibility index (Phi) is 10.2. The number of quaternary nitrogens is 1. The van der Waals surface area contributed by atoms with Crippen LogP contribution in [0.25, 0.3) is 0 Å². The summed E-state index contributed by atoms with van der Waals surface area (Å²) in [6.07, 6.45) is 14.1. The van der Waals surface area contributed by atoms with Crippen molar-refractivity contribution in [3.8, 4) is 0 Å². The molecular weight excluding hydrogens is 444 g/mol. The molecule has 0 bridgehead atoms. The number of rotatable bonds is 12. The van der Waals surface area contributed by atoms with Gasteiger partial charge in [0, 0.05) is 5.03 Å². The molecule has 34 heavy (non-hydrogen) atoms. The van der Waals surface area contributed by atoms with Crippen molar-refractivity contribution in [2.24, 2.45) is 5.92 Å². The number of halogens is 1. The van der Waals surface area contributed by atoms with Gasteiger partial charge in [0.2, 0.25) is 5.89 Å². The minimum absolute atomic E-state index is 0.241. The molecule has 1 unspecified atom stereocenters. The third-order valence-corrected chi connectivity index (χ3v) is 6.79. The Bertz CT molecular complexity index is 956. The zero-order valence-corrected chi connectivity index (χ0v) is 21.8. The summed E-state index contributed by atoms with van der Waals surface area (Å²) in [6.45, 7) is 8.56. The molecule has 0 aliphatic heterocycles. The summed E-state index contributed by atoms with van der Waals surface area (Å²) in [4.78, 5) is 4.78. The van der Waals surface area contributed by atoms with Crippen LogP contribution in [0.2, 0.25) is 0 Å². The van der Waals surface area contributed by atoms with Crippen molar-refractivity contribution >= 4 is 11.6 Å². The predicted molar refractivity (Wildman–Crippen MR) is 141 cm³/mol. The summed E-state index contributed by atoms with van der Waals surface area (Å²) < 4.78 is 13.1. The van der Waals surface area contributed by atoms with Crippen LogP contribution < -0.4 is 0 Å². The first-order valence-corrected chi connectivity index (χ1v) is 12.8. The maximum Gasteiger partial charge on any atom is 0.202 e. The van der Waals surface area contributed by atoms with Crippen LogP contribution in [-0.4, -0.2) is 43.3 Å². The van der Waals surface area contributed by atoms with Gasteiger partial charge in [0.25, 0.3) is 0 Å². The van der Waals surface area contributed by atoms with Gasteiger partial charge in [-0.15, -0.1) is 0 Å². The van der Waals surface area contributed by atoms with E-state index < -0.39 is 0 Å². The van der Waals surface area contributed by atoms with Gasteiger partial charge in [-0.1, -0.05) is 79.9 Å². The molecule has 5 heteroatoms. The molecule has 0 N–H and O–H groups in total. The molecule has 0 radical (unpaired) electrons. The fourth-order valence-corrected chi connectivity index (χ4v) is 4.77. The topological polar surface area (TPSA) is 35.3 Å². The summed E-state index contributed by atoms with van der Waals surface area (Å²) >= 11 is 5.81. The van der Waals surface area contributed by atoms with E-state index in [0.717, 1.165) is 34.8 Å². The second kappa shape index (κ2) is 13.1. The van der Waals surface area contributed by atoms with E-state index >= 15 is 0 Å². The van der Waals surface area contributed by atoms with Gasteiger partial charge in [0.05, 0.1) is 39.4 Å². The first-order chi connectivity index (χ1) is 16.4. The lowest BCUT2D eigenvalue weighted by Crippen LogP contribution is -2.41. The van der Waals surface area contributed by atoms with Crippen LogP contribution in [0, 0.1) is 5.92 Å². The molecule has 0 saturated heterocycles. The number of ether oxygens (including phenoxy) is 1. The van der Waals surface area contributed by atoms with Crippen LogP contribution in [0.5, 0.6) is 0 Å². The summed E-state index contributed by atoms with van der Waals surface area (Å²) in [5, 5.41) is 0.515. The summed E-state index contributed by atoms with van der Waals surface area (Å²) in [7, 11) is 4.41. The van der Waals surface area contributed by atoms with E-state index in [1.54, 1.807) is 6.08 Å². The lowest BCUT2D eigenvalue weighted by Gasteiger charge is -2.29. The second-order valence-electron chi connectivity index (χ2n) is 9.97. The molecule has 1 heterocycles. The first kappa shape index (κ1) is 26.5. The van der Waals surface area contributed by atoms with Crippen molar-refractivity contribution in [1.29, 1.82) is 0 Å². The molecule has 1 aromatic carbocycles. The third-order valence-electron chi connectivity index (χ3n) is 6.66. The molecule has 3 rings (SSSR count). The molecule has 0 spiro atoms. The second-order valence-corrected chi connectivity index (χ2v) is 10.5. The van der Waals surface area contributed by atoms with E-state index in [0.29, 0.717) is 24.2 Å². The molecule has 1 aliphatic rings. The minimum Gasteiger partial charge on any atom is -0.439 e. The van der Waals surface area contributed by atoms with Crippen LogP contribution in [-0.2, 0) is 11.3 Å². The smallest absolute Gasteiger partial charge is 0.202 e. The van der Waals surface area contributed by atoms with Gasteiger partial charge in [0.15, 0.2) is 5.76 Å². The van der Waals surface area contributed by atoms with Crippen LogP contribution >= 0.6 is 11.6 Å². The number of benzene rings is 1. The Morgan fingerprint density at radius 2 is 1.94 bits per heavy atom. The van der Waals surface area contributed by atoms with E-state index in [1.165, 1.54) is 37.7 Å². The highest BCUT2D eigenvalue weighted by Crippen LogP contribution is 2.40. The fourth-order valence-electron chi connectivity index (χ4n) is 4.71. The summed E-state index contributed by atoms with van der Waals surface area (Å²) in [6, 6.07) is 10.8. The number of likely N-dealkylation sites (N-methyl/N-ethyl adjacent to an activating group) is 1. The van der Waals surface area contributed by atoms with Gasteiger partial charge in [-0.05, 0) is 42.9 Å². The number of hydrogen-bond acceptors (Lipinski definition) is 3. The molecule has 0 amide bonds. The van der Waals surface area contributed by atoms with E-state index in [1.807, 2.05) is 25.3 Å². The predicted octanol–water partition coefficient (Wildman–Crippen LogP) is 7.23. The highest BCUT2D eigenvalue weighted by atomic mass is 35.5. The van der Waals surface area contributed by atoms with E-state index in [-0.39, 0.29) is 5.92 Å². The van der Waals surface area contributed by atoms with Crippen molar-refractivity contribution < 1.29 is 13.6 Å². The fraction of sp³-hybridized carbons (Fsp3) is 0.483. The zero-order valence-electron chi connectivity index (χ0n) is 21.0. The Hall–Kier alpha value is -2.14. The van der Waals surface area contributed by atoms with Crippen LogP contribution in [0.15, 0.2) is 76.4 Å². The lowest BCUT2D eigenvalue weighted by atomic mass is 9.77. The van der Waals surface area contributed by atoms with Gasteiger partial charge >= 0.3 is 0 Å². The average molecular weight is 484 g/mol. The minimum atomic E-state index is 0.241. The zero-order chi connectivity index (χ0) is 24.4. The summed E-state index contributed by atoms with van der Waals surface area (Å²) in [5.74, 6) is 2.65. The standard InChI is InChI=1S/C29H40ClN2O2/c1-5-24(17-16-23(2)30)22-33-19-18-32(3,4)21-27-20-31-29(34-27)28(25-12-8-6-9-13-25)26-14-10-7-11-15-26/h5-6,8-9,12-13,16-17,20,26,28H,2,7,10-11,14-15,18-19,21-22H2,1,3-4H3/q+1/b17-16-,24-5?. The van der Waals surface area contributed by atoms with Crippen molar-refractivity contribution in [2.75, 3.05) is 33.9 Å². The number of allylic oxidation sites excluding steroid dienone is 3. The molecule has 184 valence electrons. The maximum absolute atomic E-state index is 6.40. The van der Waals surface area contributed by atoms with E-state index in [2.05, 4.69) is 51.0 Å². The lowest BCUT2D eigenvalue weighted by molar-refractivity contribution is -0.904. The van der Waals surface area contributed by atoms with Gasteiger partial charge in [-0.2, -0.15) is 0 Å². The van der Waals surface area contributed by atoms with Crippen LogP contribution in [0.1, 0.15) is 62.2 Å². The number of hydrogen-bond donors (Lipinski definition) is 0. The van der Waals surface area contributed by atoms with Gasteiger partial charge in [-0.25, -0.2) is 4.98 Å². The van der Waals surface area contributed by atoms with Crippen molar-refractivity contribution in [2.45, 2.75) is 51.5 Å². The first-order valence-electron chi connectivity index (χ1n) is 12.4. The number of oxazole rings is 1. The number of aromatic nitrogens is 1. The van der Waals surface area contributed by atoms with Crippen LogP contribution in [0.3, 0.4) is 0 Å². The molecule has 1 saturated carbocycles. The van der Waals surface area contributed by atoms with Crippen molar-refractivity contribution in [3.05, 3.63) is 89.2 Å². The van der Waals surface area contributed by atoms with Gasteiger partial charge in [0.1, 0.15) is 13.1 Å². The van der Waals surface area contributed by atoms with Gasteiger partial charge in [-0.3, -0.25) is 0 Å². The molecule has 1 fully saturated rings. The SMILES string of the molecule is C=C(Cl)/C=C\C(=CC)COCC[N+](C)(C)Cc1cnc(C(c2ccccc2)C2CCCCC2)o1. The Balaban J connectivity index is 1.59. The van der Waals surface area contributed by atoms with Crippen LogP contribution in [0.4, 0.5) is 0 Å². The normalized spacial score (nSPS) is 16.8. The Labute approximate surface area is 210 Å². The number of nitrogens with zero attached hydrogens (tertiary/aromatic N) is 2. The largest absolute Gasteiger partial charge is 0.439 e. The van der Waals surface area contributed by atoms with E-state index in [9.17, 15) is 0 Å². The highest BCUT2D eigenvalue weighted by Gasteiger charge is 2.31. The molecule has 1 atom stereocenters. The average Bonchev–Trinajstić information content (AvgIpc) is 3.27. The quantitative estimate of drug-likeness (QED) is 0.181.